The van der Waals surface area contributed by atoms with E-state index in [4.69, 9.17) is 20.9 Å². The lowest BCUT2D eigenvalue weighted by atomic mass is 9.95. The van der Waals surface area contributed by atoms with Crippen LogP contribution < -0.4 is 16.2 Å². The predicted molar refractivity (Wildman–Crippen MR) is 105 cm³/mol. The molecule has 4 N–H and O–H groups in total. The van der Waals surface area contributed by atoms with Gasteiger partial charge in [-0.25, -0.2) is 9.59 Å². The number of benzene rings is 2. The minimum atomic E-state index is -4.80. The van der Waals surface area contributed by atoms with Gasteiger partial charge in [-0.15, -0.1) is 13.2 Å². The Morgan fingerprint density at radius 2 is 1.23 bits per heavy atom. The zero-order valence-electron chi connectivity index (χ0n) is 16.4. The second-order valence-corrected chi connectivity index (χ2v) is 7.17. The molecule has 0 heterocycles. The third kappa shape index (κ3) is 6.53. The summed E-state index contributed by atoms with van der Waals surface area (Å²) in [6.45, 7) is 0. The van der Waals surface area contributed by atoms with Crippen molar-refractivity contribution in [3.8, 4) is 5.75 Å². The number of hydrogen-bond acceptors (Lipinski definition) is 7. The largest absolute Gasteiger partial charge is 0.573 e. The minimum absolute atomic E-state index is 0.113. The monoisotopic (exact) mass is 438 g/mol. The van der Waals surface area contributed by atoms with Crippen LogP contribution in [-0.2, 0) is 9.47 Å². The van der Waals surface area contributed by atoms with Gasteiger partial charge in [0.05, 0.1) is 11.1 Å². The Morgan fingerprint density at radius 3 is 1.68 bits per heavy atom. The number of halogens is 3. The Bertz CT molecular complexity index is 919. The summed E-state index contributed by atoms with van der Waals surface area (Å²) in [4.78, 5) is 24.5. The van der Waals surface area contributed by atoms with Crippen molar-refractivity contribution in [1.82, 2.24) is 0 Å². The van der Waals surface area contributed by atoms with Crippen LogP contribution in [0.4, 0.5) is 24.5 Å². The van der Waals surface area contributed by atoms with Crippen LogP contribution >= 0.6 is 0 Å². The standard InChI is InChI=1S/C21H21F3N2O5/c22-21(23,24)31-18-3-1-12(2-4-18)19(27)29-16-5-7-17(8-6-16)30-20(28)13-9-14(25)11-15(26)10-13/h1-4,9-11,16-17H,5-8,25-26H2. The number of ether oxygens (including phenoxy) is 3. The lowest BCUT2D eigenvalue weighted by Gasteiger charge is -2.28. The van der Waals surface area contributed by atoms with E-state index < -0.39 is 24.1 Å². The lowest BCUT2D eigenvalue weighted by Crippen LogP contribution is -2.29. The number of hydrogen-bond donors (Lipinski definition) is 2. The lowest BCUT2D eigenvalue weighted by molar-refractivity contribution is -0.274. The number of carbonyl (C=O) groups is 2. The van der Waals surface area contributed by atoms with Gasteiger partial charge in [0.15, 0.2) is 0 Å². The van der Waals surface area contributed by atoms with Gasteiger partial charge in [0.1, 0.15) is 18.0 Å². The van der Waals surface area contributed by atoms with Gasteiger partial charge >= 0.3 is 18.3 Å². The summed E-state index contributed by atoms with van der Waals surface area (Å²) < 4.78 is 51.2. The molecule has 166 valence electrons. The molecule has 2 aromatic rings. The van der Waals surface area contributed by atoms with Crippen LogP contribution in [0.2, 0.25) is 0 Å². The average Bonchev–Trinajstić information content (AvgIpc) is 2.68. The molecule has 1 saturated carbocycles. The number of rotatable bonds is 5. The third-order valence-electron chi connectivity index (χ3n) is 4.71. The molecule has 0 spiro atoms. The molecule has 0 bridgehead atoms. The fourth-order valence-electron chi connectivity index (χ4n) is 3.29. The smallest absolute Gasteiger partial charge is 0.459 e. The van der Waals surface area contributed by atoms with Crippen molar-refractivity contribution in [2.45, 2.75) is 44.3 Å². The maximum atomic E-state index is 12.3. The highest BCUT2D eigenvalue weighted by Crippen LogP contribution is 2.27. The molecule has 0 radical (unpaired) electrons. The maximum absolute atomic E-state index is 12.3. The maximum Gasteiger partial charge on any atom is 0.573 e. The van der Waals surface area contributed by atoms with E-state index >= 15 is 0 Å². The van der Waals surface area contributed by atoms with Crippen molar-refractivity contribution in [3.63, 3.8) is 0 Å². The Balaban J connectivity index is 1.47. The van der Waals surface area contributed by atoms with Gasteiger partial charge in [-0.2, -0.15) is 0 Å². The van der Waals surface area contributed by atoms with Gasteiger partial charge in [-0.05, 0) is 68.1 Å². The van der Waals surface area contributed by atoms with E-state index in [1.54, 1.807) is 0 Å². The van der Waals surface area contributed by atoms with Crippen LogP contribution in [0.15, 0.2) is 42.5 Å². The first-order valence-corrected chi connectivity index (χ1v) is 9.53. The van der Waals surface area contributed by atoms with E-state index in [9.17, 15) is 22.8 Å². The van der Waals surface area contributed by atoms with E-state index in [2.05, 4.69) is 4.74 Å². The normalized spacial score (nSPS) is 18.8. The number of anilines is 2. The van der Waals surface area contributed by atoms with Crippen LogP contribution in [0, 0.1) is 0 Å². The van der Waals surface area contributed by atoms with Crippen molar-refractivity contribution in [3.05, 3.63) is 53.6 Å². The van der Waals surface area contributed by atoms with Gasteiger partial charge < -0.3 is 25.7 Å². The fraction of sp³-hybridized carbons (Fsp3) is 0.333. The molecule has 0 atom stereocenters. The predicted octanol–water partition coefficient (Wildman–Crippen LogP) is 4.07. The van der Waals surface area contributed by atoms with Gasteiger partial charge in [0.2, 0.25) is 0 Å². The van der Waals surface area contributed by atoms with E-state index in [0.29, 0.717) is 37.1 Å². The highest BCUT2D eigenvalue weighted by Gasteiger charge is 2.31. The van der Waals surface area contributed by atoms with Gasteiger partial charge in [0.25, 0.3) is 0 Å². The quantitative estimate of drug-likeness (QED) is 0.534. The molecular formula is C21H21F3N2O5. The van der Waals surface area contributed by atoms with E-state index in [0.717, 1.165) is 12.1 Å². The molecule has 0 amide bonds. The third-order valence-corrected chi connectivity index (χ3v) is 4.71. The molecule has 0 saturated heterocycles. The molecule has 3 rings (SSSR count). The first kappa shape index (κ1) is 22.3. The van der Waals surface area contributed by atoms with Crippen LogP contribution in [0.3, 0.4) is 0 Å². The number of esters is 2. The first-order valence-electron chi connectivity index (χ1n) is 9.53. The molecule has 1 fully saturated rings. The zero-order chi connectivity index (χ0) is 22.6. The Labute approximate surface area is 176 Å². The Hall–Kier alpha value is -3.43. The summed E-state index contributed by atoms with van der Waals surface area (Å²) in [6, 6.07) is 9.00. The molecule has 1 aliphatic rings. The molecule has 0 aromatic heterocycles. The number of nitrogens with two attached hydrogens (primary N) is 2. The summed E-state index contributed by atoms with van der Waals surface area (Å²) in [5.74, 6) is -1.59. The average molecular weight is 438 g/mol. The van der Waals surface area contributed by atoms with Gasteiger partial charge in [-0.1, -0.05) is 0 Å². The van der Waals surface area contributed by atoms with E-state index in [1.807, 2.05) is 0 Å². The number of alkyl halides is 3. The van der Waals surface area contributed by atoms with Crippen molar-refractivity contribution >= 4 is 23.3 Å². The molecule has 31 heavy (non-hydrogen) atoms. The molecule has 0 unspecified atom stereocenters. The van der Waals surface area contributed by atoms with Crippen LogP contribution in [-0.4, -0.2) is 30.5 Å². The van der Waals surface area contributed by atoms with Crippen molar-refractivity contribution < 1.29 is 37.0 Å². The van der Waals surface area contributed by atoms with Crippen molar-refractivity contribution in [2.24, 2.45) is 0 Å². The van der Waals surface area contributed by atoms with Crippen LogP contribution in [0.5, 0.6) is 5.75 Å². The molecule has 7 nitrogen and oxygen atoms in total. The summed E-state index contributed by atoms with van der Waals surface area (Å²) in [6.07, 6.45) is -3.54. The second kappa shape index (κ2) is 9.15. The molecule has 10 heteroatoms. The van der Waals surface area contributed by atoms with Gasteiger partial charge in [0, 0.05) is 11.4 Å². The number of nitrogen functional groups attached to an aromatic ring is 2. The highest BCUT2D eigenvalue weighted by molar-refractivity contribution is 5.92. The molecule has 2 aromatic carbocycles. The molecule has 0 aliphatic heterocycles. The summed E-state index contributed by atoms with van der Waals surface area (Å²) in [5, 5.41) is 0. The number of carbonyl (C=O) groups excluding carboxylic acids is 2. The van der Waals surface area contributed by atoms with Crippen molar-refractivity contribution in [1.29, 1.82) is 0 Å². The fourth-order valence-corrected chi connectivity index (χ4v) is 3.29. The SMILES string of the molecule is Nc1cc(N)cc(C(=O)OC2CCC(OC(=O)c3ccc(OC(F)(F)F)cc3)CC2)c1. The zero-order valence-corrected chi connectivity index (χ0v) is 16.4. The van der Waals surface area contributed by atoms with E-state index in [1.165, 1.54) is 30.3 Å². The second-order valence-electron chi connectivity index (χ2n) is 7.17. The van der Waals surface area contributed by atoms with Gasteiger partial charge in [-0.3, -0.25) is 0 Å². The highest BCUT2D eigenvalue weighted by atomic mass is 19.4. The van der Waals surface area contributed by atoms with Crippen molar-refractivity contribution in [2.75, 3.05) is 11.5 Å². The molecule has 1 aliphatic carbocycles. The summed E-state index contributed by atoms with van der Waals surface area (Å²) in [5.41, 5.74) is 12.5. The Morgan fingerprint density at radius 1 is 0.774 bits per heavy atom. The van der Waals surface area contributed by atoms with E-state index in [-0.39, 0.29) is 23.3 Å². The van der Waals surface area contributed by atoms with Crippen LogP contribution in [0.1, 0.15) is 46.4 Å². The topological polar surface area (TPSA) is 114 Å². The summed E-state index contributed by atoms with van der Waals surface area (Å²) in [7, 11) is 0. The Kier molecular flexibility index (Phi) is 6.57. The van der Waals surface area contributed by atoms with Crippen LogP contribution in [0.25, 0.3) is 0 Å². The minimum Gasteiger partial charge on any atom is -0.459 e. The summed E-state index contributed by atoms with van der Waals surface area (Å²) >= 11 is 0. The molecular weight excluding hydrogens is 417 g/mol. The first-order chi connectivity index (χ1) is 14.6.